The van der Waals surface area contributed by atoms with Crippen molar-refractivity contribution in [2.45, 2.75) is 13.3 Å². The maximum atomic E-state index is 11.0. The number of rotatable bonds is 4. The van der Waals surface area contributed by atoms with Gasteiger partial charge in [0.05, 0.1) is 12.1 Å². The number of anilines is 1. The van der Waals surface area contributed by atoms with Gasteiger partial charge in [-0.1, -0.05) is 12.1 Å². The van der Waals surface area contributed by atoms with E-state index in [9.17, 15) is 9.59 Å². The number of carboxylic acid groups (broad SMARTS) is 1. The van der Waals surface area contributed by atoms with Crippen LogP contribution in [-0.4, -0.2) is 22.0 Å². The number of carbonyl (C=O) groups is 2. The summed E-state index contributed by atoms with van der Waals surface area (Å²) in [5.41, 5.74) is 2.09. The van der Waals surface area contributed by atoms with E-state index in [-0.39, 0.29) is 12.3 Å². The Balaban J connectivity index is 2.23. The van der Waals surface area contributed by atoms with Crippen LogP contribution in [0.5, 0.6) is 0 Å². The Kier molecular flexibility index (Phi) is 3.91. The number of amides is 1. The molecule has 6 heteroatoms. The van der Waals surface area contributed by atoms with Crippen molar-refractivity contribution < 1.29 is 14.7 Å². The smallest absolute Gasteiger partial charge is 0.309 e. The minimum Gasteiger partial charge on any atom is -0.481 e. The molecule has 5 nitrogen and oxygen atoms in total. The number of aromatic nitrogens is 1. The van der Waals surface area contributed by atoms with Crippen molar-refractivity contribution in [3.63, 3.8) is 0 Å². The summed E-state index contributed by atoms with van der Waals surface area (Å²) in [4.78, 5) is 25.9. The van der Waals surface area contributed by atoms with Gasteiger partial charge in [0.15, 0.2) is 0 Å². The second-order valence-electron chi connectivity index (χ2n) is 3.98. The Hall–Kier alpha value is -2.21. The maximum Gasteiger partial charge on any atom is 0.309 e. The van der Waals surface area contributed by atoms with E-state index in [4.69, 9.17) is 5.11 Å². The molecule has 2 rings (SSSR count). The number of carboxylic acids is 1. The molecule has 1 aromatic carbocycles. The first-order chi connectivity index (χ1) is 9.04. The molecule has 0 unspecified atom stereocenters. The molecule has 0 saturated carbocycles. The molecular formula is C13H12N2O3S. The zero-order valence-corrected chi connectivity index (χ0v) is 11.0. The minimum absolute atomic E-state index is 0.0815. The van der Waals surface area contributed by atoms with Crippen molar-refractivity contribution >= 4 is 28.9 Å². The number of aliphatic carboxylic acids is 1. The van der Waals surface area contributed by atoms with E-state index in [0.29, 0.717) is 11.4 Å². The van der Waals surface area contributed by atoms with Crippen LogP contribution in [0.3, 0.4) is 0 Å². The monoisotopic (exact) mass is 276 g/mol. The summed E-state index contributed by atoms with van der Waals surface area (Å²) >= 11 is 1.39. The topological polar surface area (TPSA) is 79.3 Å². The lowest BCUT2D eigenvalue weighted by Crippen LogP contribution is -2.05. The van der Waals surface area contributed by atoms with Crippen LogP contribution in [-0.2, 0) is 16.0 Å². The third-order valence-electron chi connectivity index (χ3n) is 2.31. The lowest BCUT2D eigenvalue weighted by atomic mass is 10.2. The van der Waals surface area contributed by atoms with Gasteiger partial charge in [0.2, 0.25) is 5.91 Å². The van der Waals surface area contributed by atoms with Crippen molar-refractivity contribution in [3.05, 3.63) is 35.3 Å². The molecule has 19 heavy (non-hydrogen) atoms. The molecule has 0 atom stereocenters. The van der Waals surface area contributed by atoms with Crippen molar-refractivity contribution in [3.8, 4) is 10.6 Å². The summed E-state index contributed by atoms with van der Waals surface area (Å²) in [6, 6.07) is 7.29. The predicted molar refractivity (Wildman–Crippen MR) is 73.2 cm³/mol. The zero-order valence-electron chi connectivity index (χ0n) is 10.2. The largest absolute Gasteiger partial charge is 0.481 e. The first-order valence-corrected chi connectivity index (χ1v) is 6.47. The molecule has 2 N–H and O–H groups in total. The Labute approximate surface area is 113 Å². The average molecular weight is 276 g/mol. The van der Waals surface area contributed by atoms with E-state index in [2.05, 4.69) is 10.3 Å². The Morgan fingerprint density at radius 2 is 2.21 bits per heavy atom. The quantitative estimate of drug-likeness (QED) is 0.898. The molecular weight excluding hydrogens is 264 g/mol. The Morgan fingerprint density at radius 1 is 1.42 bits per heavy atom. The summed E-state index contributed by atoms with van der Waals surface area (Å²) in [6.45, 7) is 1.45. The number of thiazole rings is 1. The third kappa shape index (κ3) is 3.62. The number of nitrogens with one attached hydrogen (secondary N) is 1. The summed E-state index contributed by atoms with van der Waals surface area (Å²) < 4.78 is 0. The average Bonchev–Trinajstić information content (AvgIpc) is 2.76. The summed E-state index contributed by atoms with van der Waals surface area (Å²) in [5, 5.41) is 13.9. The van der Waals surface area contributed by atoms with Gasteiger partial charge in [-0.2, -0.15) is 0 Å². The predicted octanol–water partition coefficient (Wildman–Crippen LogP) is 2.40. The summed E-state index contributed by atoms with van der Waals surface area (Å²) in [5.74, 6) is -1.04. The molecule has 1 amide bonds. The van der Waals surface area contributed by atoms with Crippen LogP contribution >= 0.6 is 11.3 Å². The van der Waals surface area contributed by atoms with E-state index in [1.165, 1.54) is 18.3 Å². The molecule has 2 aromatic rings. The van der Waals surface area contributed by atoms with Gasteiger partial charge in [-0.05, 0) is 12.1 Å². The SMILES string of the molecule is CC(=O)Nc1cccc(-c2nc(CC(=O)O)cs2)c1. The molecule has 1 heterocycles. The summed E-state index contributed by atoms with van der Waals surface area (Å²) in [6.07, 6.45) is -0.0815. The van der Waals surface area contributed by atoms with Crippen LogP contribution in [0.4, 0.5) is 5.69 Å². The highest BCUT2D eigenvalue weighted by Crippen LogP contribution is 2.26. The highest BCUT2D eigenvalue weighted by Gasteiger charge is 2.08. The molecule has 98 valence electrons. The van der Waals surface area contributed by atoms with Crippen LogP contribution in [0.15, 0.2) is 29.6 Å². The van der Waals surface area contributed by atoms with Crippen molar-refractivity contribution in [1.29, 1.82) is 0 Å². The third-order valence-corrected chi connectivity index (χ3v) is 3.25. The second kappa shape index (κ2) is 5.62. The van der Waals surface area contributed by atoms with E-state index < -0.39 is 5.97 Å². The maximum absolute atomic E-state index is 11.0. The molecule has 0 aliphatic rings. The van der Waals surface area contributed by atoms with Gasteiger partial charge in [0.25, 0.3) is 0 Å². The van der Waals surface area contributed by atoms with Crippen LogP contribution in [0.25, 0.3) is 10.6 Å². The molecule has 0 fully saturated rings. The number of carbonyl (C=O) groups excluding carboxylic acids is 1. The molecule has 0 spiro atoms. The van der Waals surface area contributed by atoms with Gasteiger partial charge in [0, 0.05) is 23.6 Å². The molecule has 0 bridgehead atoms. The van der Waals surface area contributed by atoms with E-state index >= 15 is 0 Å². The minimum atomic E-state index is -0.899. The van der Waals surface area contributed by atoms with Gasteiger partial charge in [0.1, 0.15) is 5.01 Å². The zero-order chi connectivity index (χ0) is 13.8. The van der Waals surface area contributed by atoms with Gasteiger partial charge in [-0.3, -0.25) is 9.59 Å². The molecule has 0 aliphatic heterocycles. The second-order valence-corrected chi connectivity index (χ2v) is 4.83. The lowest BCUT2D eigenvalue weighted by molar-refractivity contribution is -0.136. The normalized spacial score (nSPS) is 10.2. The van der Waals surface area contributed by atoms with Gasteiger partial charge >= 0.3 is 5.97 Å². The highest BCUT2D eigenvalue weighted by atomic mass is 32.1. The summed E-state index contributed by atoms with van der Waals surface area (Å²) in [7, 11) is 0. The van der Waals surface area contributed by atoms with Crippen molar-refractivity contribution in [2.75, 3.05) is 5.32 Å². The standard InChI is InChI=1S/C13H12N2O3S/c1-8(16)14-10-4-2-3-9(5-10)13-15-11(7-19-13)6-12(17)18/h2-5,7H,6H2,1H3,(H,14,16)(H,17,18). The lowest BCUT2D eigenvalue weighted by Gasteiger charge is -2.03. The van der Waals surface area contributed by atoms with Gasteiger partial charge in [-0.15, -0.1) is 11.3 Å². The number of benzene rings is 1. The van der Waals surface area contributed by atoms with E-state index in [1.807, 2.05) is 18.2 Å². The molecule has 1 aromatic heterocycles. The van der Waals surface area contributed by atoms with E-state index in [0.717, 1.165) is 10.6 Å². The number of nitrogens with zero attached hydrogens (tertiary/aromatic N) is 1. The van der Waals surface area contributed by atoms with Crippen LogP contribution in [0, 0.1) is 0 Å². The van der Waals surface area contributed by atoms with E-state index in [1.54, 1.807) is 11.4 Å². The van der Waals surface area contributed by atoms with Crippen LogP contribution in [0.2, 0.25) is 0 Å². The van der Waals surface area contributed by atoms with Crippen LogP contribution in [0.1, 0.15) is 12.6 Å². The van der Waals surface area contributed by atoms with Gasteiger partial charge in [-0.25, -0.2) is 4.98 Å². The van der Waals surface area contributed by atoms with Gasteiger partial charge < -0.3 is 10.4 Å². The van der Waals surface area contributed by atoms with Crippen LogP contribution < -0.4 is 5.32 Å². The Bertz CT molecular complexity index is 622. The fourth-order valence-corrected chi connectivity index (χ4v) is 2.43. The number of hydrogen-bond acceptors (Lipinski definition) is 4. The molecule has 0 radical (unpaired) electrons. The molecule has 0 saturated heterocycles. The number of hydrogen-bond donors (Lipinski definition) is 2. The fourth-order valence-electron chi connectivity index (χ4n) is 1.61. The highest BCUT2D eigenvalue weighted by molar-refractivity contribution is 7.13. The Morgan fingerprint density at radius 3 is 2.89 bits per heavy atom. The van der Waals surface area contributed by atoms with Crippen molar-refractivity contribution in [1.82, 2.24) is 4.98 Å². The first-order valence-electron chi connectivity index (χ1n) is 5.59. The molecule has 0 aliphatic carbocycles. The fraction of sp³-hybridized carbons (Fsp3) is 0.154. The van der Waals surface area contributed by atoms with Crippen molar-refractivity contribution in [2.24, 2.45) is 0 Å². The first kappa shape index (κ1) is 13.2.